The maximum Gasteiger partial charge on any atom is 0.188 e. The fourth-order valence-corrected chi connectivity index (χ4v) is 1.38. The summed E-state index contributed by atoms with van der Waals surface area (Å²) in [5.41, 5.74) is 6.81. The van der Waals surface area contributed by atoms with Crippen molar-refractivity contribution in [1.82, 2.24) is 4.98 Å². The van der Waals surface area contributed by atoms with Crippen molar-refractivity contribution in [2.24, 2.45) is 16.8 Å². The highest BCUT2D eigenvalue weighted by atomic mass is 16.5. The lowest BCUT2D eigenvalue weighted by molar-refractivity contribution is 0.0314. The number of nitrogens with zero attached hydrogens (tertiary/aromatic N) is 2. The summed E-state index contributed by atoms with van der Waals surface area (Å²) in [6.45, 7) is 6.51. The second-order valence-corrected chi connectivity index (χ2v) is 4.56. The maximum atomic E-state index is 8.57. The van der Waals surface area contributed by atoms with Gasteiger partial charge in [0.2, 0.25) is 0 Å². The van der Waals surface area contributed by atoms with Crippen molar-refractivity contribution in [2.45, 2.75) is 20.5 Å². The molecule has 0 unspecified atom stereocenters. The molecule has 1 aromatic heterocycles. The lowest BCUT2D eigenvalue weighted by Gasteiger charge is -2.08. The molecule has 19 heavy (non-hydrogen) atoms. The second-order valence-electron chi connectivity index (χ2n) is 4.56. The van der Waals surface area contributed by atoms with Gasteiger partial charge in [0.05, 0.1) is 19.8 Å². The van der Waals surface area contributed by atoms with Crippen molar-refractivity contribution in [3.05, 3.63) is 29.6 Å². The number of ether oxygens (including phenoxy) is 2. The van der Waals surface area contributed by atoms with E-state index in [1.807, 2.05) is 6.07 Å². The van der Waals surface area contributed by atoms with E-state index in [1.165, 1.54) is 0 Å². The summed E-state index contributed by atoms with van der Waals surface area (Å²) in [4.78, 5) is 3.99. The zero-order chi connectivity index (χ0) is 14.1. The standard InChI is InChI=1S/C13H21N3O3/c1-10(2)8-18-5-6-19-9-11-3-4-15-12(7-11)13(14)16-17/h3-4,7,10,17H,5-6,8-9H2,1-2H3,(H2,14,16). The molecule has 1 rings (SSSR count). The number of hydrogen-bond acceptors (Lipinski definition) is 5. The molecule has 0 atom stereocenters. The molecule has 0 radical (unpaired) electrons. The molecular formula is C13H21N3O3. The van der Waals surface area contributed by atoms with Gasteiger partial charge in [-0.15, -0.1) is 0 Å². The van der Waals surface area contributed by atoms with Crippen LogP contribution >= 0.6 is 0 Å². The van der Waals surface area contributed by atoms with Gasteiger partial charge in [0.15, 0.2) is 5.84 Å². The summed E-state index contributed by atoms with van der Waals surface area (Å²) in [7, 11) is 0. The van der Waals surface area contributed by atoms with Crippen molar-refractivity contribution in [3.8, 4) is 0 Å². The predicted molar refractivity (Wildman–Crippen MR) is 72.1 cm³/mol. The van der Waals surface area contributed by atoms with Gasteiger partial charge in [-0.1, -0.05) is 19.0 Å². The van der Waals surface area contributed by atoms with E-state index in [0.717, 1.165) is 12.2 Å². The topological polar surface area (TPSA) is 90.0 Å². The third-order valence-corrected chi connectivity index (χ3v) is 2.29. The summed E-state index contributed by atoms with van der Waals surface area (Å²) in [6.07, 6.45) is 1.60. The fraction of sp³-hybridized carbons (Fsp3) is 0.538. The average Bonchev–Trinajstić information content (AvgIpc) is 2.41. The van der Waals surface area contributed by atoms with Crippen LogP contribution in [0.15, 0.2) is 23.5 Å². The zero-order valence-corrected chi connectivity index (χ0v) is 11.4. The Hall–Kier alpha value is -1.66. The Kier molecular flexibility index (Phi) is 6.84. The molecule has 0 saturated carbocycles. The van der Waals surface area contributed by atoms with E-state index in [0.29, 0.717) is 31.4 Å². The van der Waals surface area contributed by atoms with Crippen LogP contribution in [0.1, 0.15) is 25.1 Å². The minimum absolute atomic E-state index is 0.0119. The monoisotopic (exact) mass is 267 g/mol. The SMILES string of the molecule is CC(C)COCCOCc1ccnc(/C(N)=N/O)c1. The summed E-state index contributed by atoms with van der Waals surface area (Å²) < 4.78 is 10.9. The number of nitrogens with two attached hydrogens (primary N) is 1. The van der Waals surface area contributed by atoms with Gasteiger partial charge in [-0.25, -0.2) is 0 Å². The van der Waals surface area contributed by atoms with Crippen LogP contribution in [0.25, 0.3) is 0 Å². The third kappa shape index (κ3) is 6.17. The molecule has 0 spiro atoms. The summed E-state index contributed by atoms with van der Waals surface area (Å²) in [5, 5.41) is 11.5. The molecule has 6 heteroatoms. The fourth-order valence-electron chi connectivity index (χ4n) is 1.38. The minimum Gasteiger partial charge on any atom is -0.409 e. The van der Waals surface area contributed by atoms with Gasteiger partial charge >= 0.3 is 0 Å². The van der Waals surface area contributed by atoms with E-state index >= 15 is 0 Å². The third-order valence-electron chi connectivity index (χ3n) is 2.29. The molecule has 1 heterocycles. The van der Waals surface area contributed by atoms with Crippen LogP contribution in [0.5, 0.6) is 0 Å². The van der Waals surface area contributed by atoms with E-state index in [2.05, 4.69) is 24.0 Å². The first-order chi connectivity index (χ1) is 9.13. The van der Waals surface area contributed by atoms with Gasteiger partial charge in [-0.3, -0.25) is 4.98 Å². The Balaban J connectivity index is 2.30. The van der Waals surface area contributed by atoms with Crippen LogP contribution in [0.3, 0.4) is 0 Å². The number of rotatable bonds is 8. The van der Waals surface area contributed by atoms with Crippen LogP contribution in [-0.2, 0) is 16.1 Å². The first kappa shape index (κ1) is 15.4. The van der Waals surface area contributed by atoms with Crippen LogP contribution in [0, 0.1) is 5.92 Å². The lowest BCUT2D eigenvalue weighted by atomic mass is 10.2. The van der Waals surface area contributed by atoms with Gasteiger partial charge in [0.1, 0.15) is 5.69 Å². The van der Waals surface area contributed by atoms with E-state index in [-0.39, 0.29) is 5.84 Å². The highest BCUT2D eigenvalue weighted by Crippen LogP contribution is 2.03. The number of oxime groups is 1. The van der Waals surface area contributed by atoms with E-state index in [4.69, 9.17) is 20.4 Å². The number of hydrogen-bond donors (Lipinski definition) is 2. The van der Waals surface area contributed by atoms with Crippen molar-refractivity contribution < 1.29 is 14.7 Å². The molecule has 0 aliphatic heterocycles. The van der Waals surface area contributed by atoms with Crippen LogP contribution in [0.4, 0.5) is 0 Å². The quantitative estimate of drug-likeness (QED) is 0.244. The van der Waals surface area contributed by atoms with Crippen molar-refractivity contribution in [3.63, 3.8) is 0 Å². The van der Waals surface area contributed by atoms with Crippen molar-refractivity contribution >= 4 is 5.84 Å². The van der Waals surface area contributed by atoms with E-state index < -0.39 is 0 Å². The molecule has 0 fully saturated rings. The maximum absolute atomic E-state index is 8.57. The van der Waals surface area contributed by atoms with Gasteiger partial charge in [-0.05, 0) is 23.6 Å². The number of pyridine rings is 1. The largest absolute Gasteiger partial charge is 0.409 e. The summed E-state index contributed by atoms with van der Waals surface area (Å²) >= 11 is 0. The molecule has 0 saturated heterocycles. The van der Waals surface area contributed by atoms with E-state index in [9.17, 15) is 0 Å². The average molecular weight is 267 g/mol. The Morgan fingerprint density at radius 1 is 1.42 bits per heavy atom. The molecule has 1 aromatic rings. The summed E-state index contributed by atoms with van der Waals surface area (Å²) in [6, 6.07) is 3.55. The van der Waals surface area contributed by atoms with Gasteiger partial charge in [0, 0.05) is 12.8 Å². The Labute approximate surface area is 113 Å². The number of aromatic nitrogens is 1. The first-order valence-corrected chi connectivity index (χ1v) is 6.21. The first-order valence-electron chi connectivity index (χ1n) is 6.21. The Bertz CT molecular complexity index is 408. The molecule has 3 N–H and O–H groups in total. The highest BCUT2D eigenvalue weighted by molar-refractivity contribution is 5.95. The molecule has 0 amide bonds. The van der Waals surface area contributed by atoms with Gasteiger partial charge in [0.25, 0.3) is 0 Å². The molecule has 106 valence electrons. The molecule has 0 aromatic carbocycles. The smallest absolute Gasteiger partial charge is 0.188 e. The number of amidine groups is 1. The normalized spacial score (nSPS) is 12.1. The predicted octanol–water partition coefficient (Wildman–Crippen LogP) is 1.37. The zero-order valence-electron chi connectivity index (χ0n) is 11.4. The lowest BCUT2D eigenvalue weighted by Crippen LogP contribution is -2.15. The van der Waals surface area contributed by atoms with Gasteiger partial charge in [-0.2, -0.15) is 0 Å². The van der Waals surface area contributed by atoms with Crippen molar-refractivity contribution in [2.75, 3.05) is 19.8 Å². The molecule has 0 aliphatic rings. The molecule has 6 nitrogen and oxygen atoms in total. The van der Waals surface area contributed by atoms with Crippen molar-refractivity contribution in [1.29, 1.82) is 0 Å². The van der Waals surface area contributed by atoms with Crippen LogP contribution < -0.4 is 5.73 Å². The van der Waals surface area contributed by atoms with Gasteiger partial charge < -0.3 is 20.4 Å². The molecule has 0 bridgehead atoms. The second kappa shape index (κ2) is 8.44. The van der Waals surface area contributed by atoms with Crippen LogP contribution in [0.2, 0.25) is 0 Å². The highest BCUT2D eigenvalue weighted by Gasteiger charge is 2.02. The van der Waals surface area contributed by atoms with E-state index in [1.54, 1.807) is 12.3 Å². The Morgan fingerprint density at radius 2 is 2.16 bits per heavy atom. The molecular weight excluding hydrogens is 246 g/mol. The summed E-state index contributed by atoms with van der Waals surface area (Å²) in [5.74, 6) is 0.519. The Morgan fingerprint density at radius 3 is 2.84 bits per heavy atom. The minimum atomic E-state index is -0.0119. The molecule has 0 aliphatic carbocycles. The van der Waals surface area contributed by atoms with Crippen LogP contribution in [-0.4, -0.2) is 35.8 Å².